The number of piperidine rings is 1. The van der Waals surface area contributed by atoms with Gasteiger partial charge in [0.15, 0.2) is 0 Å². The molecule has 2 heterocycles. The first kappa shape index (κ1) is 17.1. The van der Waals surface area contributed by atoms with Crippen LogP contribution in [0.3, 0.4) is 0 Å². The van der Waals surface area contributed by atoms with Crippen molar-refractivity contribution in [2.24, 2.45) is 5.41 Å². The van der Waals surface area contributed by atoms with E-state index in [0.717, 1.165) is 43.9 Å². The van der Waals surface area contributed by atoms with Crippen LogP contribution < -0.4 is 9.64 Å². The molecule has 1 fully saturated rings. The molecule has 24 heavy (non-hydrogen) atoms. The highest BCUT2D eigenvalue weighted by Gasteiger charge is 2.35. The quantitative estimate of drug-likeness (QED) is 0.864. The summed E-state index contributed by atoms with van der Waals surface area (Å²) in [5, 5.41) is 10.7. The highest BCUT2D eigenvalue weighted by Crippen LogP contribution is 2.35. The summed E-state index contributed by atoms with van der Waals surface area (Å²) in [6.45, 7) is 2.51. The standard InChI is InChI=1S/C19H23ClN2O2/c20-16-7-8-18(21-13-16)22-11-4-9-19(14-22,15-23)10-12-24-17-5-2-1-3-6-17/h1-3,5-8,13,23H,4,9-12,14-15H2/t19-/m1/s1. The molecule has 0 bridgehead atoms. The summed E-state index contributed by atoms with van der Waals surface area (Å²) in [6.07, 6.45) is 4.54. The Morgan fingerprint density at radius 2 is 2.04 bits per heavy atom. The predicted molar refractivity (Wildman–Crippen MR) is 96.8 cm³/mol. The molecule has 1 atom stereocenters. The van der Waals surface area contributed by atoms with Crippen molar-refractivity contribution in [1.82, 2.24) is 4.98 Å². The Kier molecular flexibility index (Phi) is 5.59. The van der Waals surface area contributed by atoms with Gasteiger partial charge in [-0.1, -0.05) is 29.8 Å². The number of aliphatic hydroxyl groups excluding tert-OH is 1. The molecule has 1 N–H and O–H groups in total. The molecule has 0 radical (unpaired) electrons. The van der Waals surface area contributed by atoms with Crippen molar-refractivity contribution in [3.63, 3.8) is 0 Å². The lowest BCUT2D eigenvalue weighted by molar-refractivity contribution is 0.0792. The minimum absolute atomic E-state index is 0.144. The van der Waals surface area contributed by atoms with Gasteiger partial charge in [0.1, 0.15) is 11.6 Å². The van der Waals surface area contributed by atoms with E-state index in [1.165, 1.54) is 0 Å². The van der Waals surface area contributed by atoms with Crippen molar-refractivity contribution in [3.8, 4) is 5.75 Å². The maximum atomic E-state index is 10.0. The second kappa shape index (κ2) is 7.86. The third kappa shape index (κ3) is 4.19. The fourth-order valence-corrected chi connectivity index (χ4v) is 3.38. The third-order valence-electron chi connectivity index (χ3n) is 4.68. The Morgan fingerprint density at radius 3 is 2.75 bits per heavy atom. The van der Waals surface area contributed by atoms with Crippen LogP contribution in [-0.2, 0) is 0 Å². The average Bonchev–Trinajstić information content (AvgIpc) is 2.63. The van der Waals surface area contributed by atoms with E-state index in [9.17, 15) is 5.11 Å². The minimum Gasteiger partial charge on any atom is -0.494 e. The van der Waals surface area contributed by atoms with E-state index in [4.69, 9.17) is 16.3 Å². The van der Waals surface area contributed by atoms with Crippen LogP contribution in [0.4, 0.5) is 5.82 Å². The second-order valence-corrected chi connectivity index (χ2v) is 6.87. The van der Waals surface area contributed by atoms with Gasteiger partial charge in [0.25, 0.3) is 0 Å². The molecule has 1 saturated heterocycles. The zero-order valence-corrected chi connectivity index (χ0v) is 14.5. The summed E-state index contributed by atoms with van der Waals surface area (Å²) in [5.41, 5.74) is -0.144. The van der Waals surface area contributed by atoms with E-state index in [1.807, 2.05) is 42.5 Å². The molecule has 2 aromatic rings. The lowest BCUT2D eigenvalue weighted by Gasteiger charge is -2.42. The molecule has 1 aromatic carbocycles. The first-order valence-corrected chi connectivity index (χ1v) is 8.74. The van der Waals surface area contributed by atoms with Crippen LogP contribution >= 0.6 is 11.6 Å². The summed E-state index contributed by atoms with van der Waals surface area (Å²) < 4.78 is 5.83. The first-order valence-electron chi connectivity index (χ1n) is 8.36. The molecule has 0 unspecified atom stereocenters. The van der Waals surface area contributed by atoms with Crippen LogP contribution in [0.5, 0.6) is 5.75 Å². The maximum absolute atomic E-state index is 10.0. The van der Waals surface area contributed by atoms with Crippen molar-refractivity contribution in [3.05, 3.63) is 53.7 Å². The summed E-state index contributed by atoms with van der Waals surface area (Å²) >= 11 is 5.92. The predicted octanol–water partition coefficient (Wildman–Crippen LogP) is 3.78. The van der Waals surface area contributed by atoms with Gasteiger partial charge >= 0.3 is 0 Å². The van der Waals surface area contributed by atoms with Gasteiger partial charge in [-0.05, 0) is 43.5 Å². The van der Waals surface area contributed by atoms with Crippen LogP contribution in [0.15, 0.2) is 48.7 Å². The summed E-state index contributed by atoms with van der Waals surface area (Å²) in [7, 11) is 0. The highest BCUT2D eigenvalue weighted by atomic mass is 35.5. The number of anilines is 1. The number of ether oxygens (including phenoxy) is 1. The van der Waals surface area contributed by atoms with Crippen LogP contribution in [0, 0.1) is 5.41 Å². The van der Waals surface area contributed by atoms with Gasteiger partial charge in [0, 0.05) is 24.7 Å². The molecule has 0 spiro atoms. The number of aromatic nitrogens is 1. The van der Waals surface area contributed by atoms with Crippen LogP contribution in [0.2, 0.25) is 5.02 Å². The number of para-hydroxylation sites is 1. The molecule has 0 amide bonds. The van der Waals surface area contributed by atoms with Gasteiger partial charge in [-0.2, -0.15) is 0 Å². The SMILES string of the molecule is OC[C@@]1(CCOc2ccccc2)CCCN(c2ccc(Cl)cn2)C1. The molecule has 1 aromatic heterocycles. The molecule has 1 aliphatic heterocycles. The smallest absolute Gasteiger partial charge is 0.128 e. The monoisotopic (exact) mass is 346 g/mol. The average molecular weight is 347 g/mol. The number of pyridine rings is 1. The van der Waals surface area contributed by atoms with E-state index in [-0.39, 0.29) is 12.0 Å². The Morgan fingerprint density at radius 1 is 1.21 bits per heavy atom. The maximum Gasteiger partial charge on any atom is 0.128 e. The van der Waals surface area contributed by atoms with Crippen molar-refractivity contribution in [2.45, 2.75) is 19.3 Å². The normalized spacial score (nSPS) is 20.8. The Labute approximate surface area is 148 Å². The number of rotatable bonds is 6. The number of benzene rings is 1. The van der Waals surface area contributed by atoms with E-state index >= 15 is 0 Å². The molecule has 1 aliphatic rings. The topological polar surface area (TPSA) is 45.6 Å². The van der Waals surface area contributed by atoms with Crippen LogP contribution in [-0.4, -0.2) is 36.4 Å². The molecular weight excluding hydrogens is 324 g/mol. The van der Waals surface area contributed by atoms with E-state index in [1.54, 1.807) is 6.20 Å². The number of aliphatic hydroxyl groups is 1. The van der Waals surface area contributed by atoms with Crippen molar-refractivity contribution >= 4 is 17.4 Å². The highest BCUT2D eigenvalue weighted by molar-refractivity contribution is 6.30. The van der Waals surface area contributed by atoms with Gasteiger partial charge in [0.2, 0.25) is 0 Å². The van der Waals surface area contributed by atoms with Gasteiger partial charge in [-0.25, -0.2) is 4.98 Å². The molecule has 4 nitrogen and oxygen atoms in total. The zero-order chi connectivity index (χ0) is 16.8. The Balaban J connectivity index is 1.62. The number of hydrogen-bond acceptors (Lipinski definition) is 4. The number of halogens is 1. The molecule has 0 saturated carbocycles. The fraction of sp³-hybridized carbons (Fsp3) is 0.421. The van der Waals surface area contributed by atoms with Crippen molar-refractivity contribution < 1.29 is 9.84 Å². The molecule has 3 rings (SSSR count). The molecule has 0 aliphatic carbocycles. The third-order valence-corrected chi connectivity index (χ3v) is 4.90. The summed E-state index contributed by atoms with van der Waals surface area (Å²) in [4.78, 5) is 6.65. The largest absolute Gasteiger partial charge is 0.494 e. The lowest BCUT2D eigenvalue weighted by Crippen LogP contribution is -2.46. The second-order valence-electron chi connectivity index (χ2n) is 6.43. The summed E-state index contributed by atoms with van der Waals surface area (Å²) in [5.74, 6) is 1.79. The lowest BCUT2D eigenvalue weighted by atomic mass is 9.78. The van der Waals surface area contributed by atoms with E-state index in [2.05, 4.69) is 9.88 Å². The molecular formula is C19H23ClN2O2. The Hall–Kier alpha value is -1.78. The van der Waals surface area contributed by atoms with Crippen LogP contribution in [0.1, 0.15) is 19.3 Å². The van der Waals surface area contributed by atoms with Crippen molar-refractivity contribution in [1.29, 1.82) is 0 Å². The van der Waals surface area contributed by atoms with Gasteiger partial charge in [-0.3, -0.25) is 0 Å². The zero-order valence-electron chi connectivity index (χ0n) is 13.7. The Bertz CT molecular complexity index is 636. The van der Waals surface area contributed by atoms with Gasteiger partial charge < -0.3 is 14.7 Å². The molecule has 128 valence electrons. The number of nitrogens with zero attached hydrogens (tertiary/aromatic N) is 2. The van der Waals surface area contributed by atoms with E-state index in [0.29, 0.717) is 11.6 Å². The summed E-state index contributed by atoms with van der Waals surface area (Å²) in [6, 6.07) is 13.6. The van der Waals surface area contributed by atoms with Crippen molar-refractivity contribution in [2.75, 3.05) is 31.2 Å². The van der Waals surface area contributed by atoms with Gasteiger partial charge in [-0.15, -0.1) is 0 Å². The van der Waals surface area contributed by atoms with E-state index < -0.39 is 0 Å². The number of hydrogen-bond donors (Lipinski definition) is 1. The van der Waals surface area contributed by atoms with Gasteiger partial charge in [0.05, 0.1) is 18.2 Å². The fourth-order valence-electron chi connectivity index (χ4n) is 3.27. The minimum atomic E-state index is -0.144. The van der Waals surface area contributed by atoms with Crippen LogP contribution in [0.25, 0.3) is 0 Å². The first-order chi connectivity index (χ1) is 11.7. The molecule has 5 heteroatoms.